The standard InChI is InChI=1S/C22H27BrClNO/c23-19-10-13-22(26-16-17-8-11-20(24)12-9-17)18(14-19)15-25-21-6-4-2-1-3-5-7-21/h8-14,21,25H,1-7,15-16H2. The minimum absolute atomic E-state index is 0.551. The molecule has 1 saturated carbocycles. The summed E-state index contributed by atoms with van der Waals surface area (Å²) in [5.41, 5.74) is 2.33. The zero-order chi connectivity index (χ0) is 18.2. The lowest BCUT2D eigenvalue weighted by Gasteiger charge is -2.22. The number of halogens is 2. The summed E-state index contributed by atoms with van der Waals surface area (Å²) in [7, 11) is 0. The van der Waals surface area contributed by atoms with E-state index in [-0.39, 0.29) is 0 Å². The molecule has 2 nitrogen and oxygen atoms in total. The van der Waals surface area contributed by atoms with Crippen molar-refractivity contribution in [3.05, 3.63) is 63.1 Å². The molecule has 0 heterocycles. The highest BCUT2D eigenvalue weighted by Crippen LogP contribution is 2.25. The van der Waals surface area contributed by atoms with Crippen LogP contribution in [0.25, 0.3) is 0 Å². The zero-order valence-corrected chi connectivity index (χ0v) is 17.5. The molecule has 2 aromatic rings. The fourth-order valence-electron chi connectivity index (χ4n) is 3.48. The first kappa shape index (κ1) is 19.7. The second-order valence-corrected chi connectivity index (χ2v) is 8.44. The molecule has 2 aromatic carbocycles. The monoisotopic (exact) mass is 435 g/mol. The third kappa shape index (κ3) is 6.29. The summed E-state index contributed by atoms with van der Waals surface area (Å²) in [4.78, 5) is 0. The maximum atomic E-state index is 6.10. The van der Waals surface area contributed by atoms with Gasteiger partial charge < -0.3 is 10.1 Å². The molecule has 0 saturated heterocycles. The van der Waals surface area contributed by atoms with E-state index in [9.17, 15) is 0 Å². The SMILES string of the molecule is Clc1ccc(COc2ccc(Br)cc2CNC2CCCCCCC2)cc1. The van der Waals surface area contributed by atoms with Crippen LogP contribution in [0.2, 0.25) is 5.02 Å². The van der Waals surface area contributed by atoms with Crippen LogP contribution >= 0.6 is 27.5 Å². The molecule has 140 valence electrons. The summed E-state index contributed by atoms with van der Waals surface area (Å²) in [6.07, 6.45) is 9.42. The van der Waals surface area contributed by atoms with Crippen LogP contribution in [0.4, 0.5) is 0 Å². The van der Waals surface area contributed by atoms with Crippen LogP contribution in [-0.4, -0.2) is 6.04 Å². The zero-order valence-electron chi connectivity index (χ0n) is 15.1. The Morgan fingerprint density at radius 1 is 0.962 bits per heavy atom. The van der Waals surface area contributed by atoms with Crippen LogP contribution in [-0.2, 0) is 13.2 Å². The average molecular weight is 437 g/mol. The molecule has 4 heteroatoms. The van der Waals surface area contributed by atoms with E-state index in [1.807, 2.05) is 30.3 Å². The highest BCUT2D eigenvalue weighted by Gasteiger charge is 2.12. The first-order valence-corrected chi connectivity index (χ1v) is 10.8. The van der Waals surface area contributed by atoms with E-state index < -0.39 is 0 Å². The fraction of sp³-hybridized carbons (Fsp3) is 0.455. The molecule has 1 fully saturated rings. The van der Waals surface area contributed by atoms with E-state index in [0.717, 1.165) is 27.4 Å². The molecular weight excluding hydrogens is 410 g/mol. The van der Waals surface area contributed by atoms with Crippen LogP contribution in [0.5, 0.6) is 5.75 Å². The Kier molecular flexibility index (Phi) is 7.85. The average Bonchev–Trinajstić information content (AvgIpc) is 2.61. The number of hydrogen-bond donors (Lipinski definition) is 1. The molecule has 0 aliphatic heterocycles. The minimum Gasteiger partial charge on any atom is -0.489 e. The Morgan fingerprint density at radius 3 is 2.38 bits per heavy atom. The molecule has 26 heavy (non-hydrogen) atoms. The summed E-state index contributed by atoms with van der Waals surface area (Å²) < 4.78 is 7.19. The van der Waals surface area contributed by atoms with Gasteiger partial charge in [0.15, 0.2) is 0 Å². The second-order valence-electron chi connectivity index (χ2n) is 7.09. The van der Waals surface area contributed by atoms with Crippen LogP contribution < -0.4 is 10.1 Å². The first-order valence-electron chi connectivity index (χ1n) is 9.60. The molecule has 0 radical (unpaired) electrons. The Labute approximate surface area is 170 Å². The van der Waals surface area contributed by atoms with Gasteiger partial charge in [0.1, 0.15) is 12.4 Å². The van der Waals surface area contributed by atoms with E-state index >= 15 is 0 Å². The van der Waals surface area contributed by atoms with Crippen molar-refractivity contribution in [3.8, 4) is 5.75 Å². The van der Waals surface area contributed by atoms with E-state index in [0.29, 0.717) is 12.6 Å². The number of nitrogens with one attached hydrogen (secondary N) is 1. The lowest BCUT2D eigenvalue weighted by atomic mass is 9.96. The number of rotatable bonds is 6. The number of benzene rings is 2. The third-order valence-electron chi connectivity index (χ3n) is 5.02. The predicted octanol–water partition coefficient (Wildman–Crippen LogP) is 6.88. The highest BCUT2D eigenvalue weighted by molar-refractivity contribution is 9.10. The van der Waals surface area contributed by atoms with Crippen molar-refractivity contribution in [2.24, 2.45) is 0 Å². The Balaban J connectivity index is 1.60. The largest absolute Gasteiger partial charge is 0.489 e. The van der Waals surface area contributed by atoms with Crippen molar-refractivity contribution < 1.29 is 4.74 Å². The molecule has 1 N–H and O–H groups in total. The Bertz CT molecular complexity index is 681. The van der Waals surface area contributed by atoms with Crippen molar-refractivity contribution >= 4 is 27.5 Å². The number of hydrogen-bond acceptors (Lipinski definition) is 2. The molecule has 0 aromatic heterocycles. The van der Waals surface area contributed by atoms with E-state index in [4.69, 9.17) is 16.3 Å². The van der Waals surface area contributed by atoms with Gasteiger partial charge in [0.25, 0.3) is 0 Å². The molecule has 1 aliphatic rings. The van der Waals surface area contributed by atoms with Gasteiger partial charge in [-0.3, -0.25) is 0 Å². The summed E-state index contributed by atoms with van der Waals surface area (Å²) in [5, 5.41) is 4.51. The van der Waals surface area contributed by atoms with E-state index in [1.165, 1.54) is 50.5 Å². The molecule has 3 rings (SSSR count). The predicted molar refractivity (Wildman–Crippen MR) is 113 cm³/mol. The Morgan fingerprint density at radius 2 is 1.65 bits per heavy atom. The lowest BCUT2D eigenvalue weighted by molar-refractivity contribution is 0.300. The van der Waals surface area contributed by atoms with Gasteiger partial charge in [-0.1, -0.05) is 71.8 Å². The van der Waals surface area contributed by atoms with Crippen molar-refractivity contribution in [2.45, 2.75) is 64.1 Å². The second kappa shape index (κ2) is 10.3. The molecule has 0 atom stereocenters. The fourth-order valence-corrected chi connectivity index (χ4v) is 4.02. The van der Waals surface area contributed by atoms with Crippen molar-refractivity contribution in [2.75, 3.05) is 0 Å². The molecular formula is C22H27BrClNO. The first-order chi connectivity index (χ1) is 12.7. The van der Waals surface area contributed by atoms with Crippen molar-refractivity contribution in [1.82, 2.24) is 5.32 Å². The van der Waals surface area contributed by atoms with Gasteiger partial charge in [-0.05, 0) is 48.7 Å². The summed E-state index contributed by atoms with van der Waals surface area (Å²) in [6.45, 7) is 1.40. The van der Waals surface area contributed by atoms with E-state index in [2.05, 4.69) is 33.4 Å². The minimum atomic E-state index is 0.551. The normalized spacial score (nSPS) is 16.1. The third-order valence-corrected chi connectivity index (χ3v) is 5.76. The van der Waals surface area contributed by atoms with Gasteiger partial charge in [0.2, 0.25) is 0 Å². The quantitative estimate of drug-likeness (QED) is 0.532. The highest BCUT2D eigenvalue weighted by atomic mass is 79.9. The maximum Gasteiger partial charge on any atom is 0.124 e. The van der Waals surface area contributed by atoms with Crippen LogP contribution in [0.15, 0.2) is 46.9 Å². The molecule has 0 spiro atoms. The summed E-state index contributed by atoms with van der Waals surface area (Å²) >= 11 is 9.55. The van der Waals surface area contributed by atoms with Crippen molar-refractivity contribution in [3.63, 3.8) is 0 Å². The Hall–Kier alpha value is -1.03. The van der Waals surface area contributed by atoms with Gasteiger partial charge >= 0.3 is 0 Å². The summed E-state index contributed by atoms with van der Waals surface area (Å²) in [5.74, 6) is 0.946. The summed E-state index contributed by atoms with van der Waals surface area (Å²) in [6, 6.07) is 14.7. The van der Waals surface area contributed by atoms with Crippen molar-refractivity contribution in [1.29, 1.82) is 0 Å². The topological polar surface area (TPSA) is 21.3 Å². The molecule has 0 amide bonds. The smallest absolute Gasteiger partial charge is 0.124 e. The maximum absolute atomic E-state index is 6.10. The van der Waals surface area contributed by atoms with Gasteiger partial charge in [0.05, 0.1) is 0 Å². The van der Waals surface area contributed by atoms with Crippen LogP contribution in [0, 0.1) is 0 Å². The number of ether oxygens (including phenoxy) is 1. The van der Waals surface area contributed by atoms with Crippen LogP contribution in [0.3, 0.4) is 0 Å². The van der Waals surface area contributed by atoms with Gasteiger partial charge in [0, 0.05) is 27.6 Å². The van der Waals surface area contributed by atoms with Gasteiger partial charge in [-0.2, -0.15) is 0 Å². The van der Waals surface area contributed by atoms with E-state index in [1.54, 1.807) is 0 Å². The molecule has 0 bridgehead atoms. The van der Waals surface area contributed by atoms with Gasteiger partial charge in [-0.25, -0.2) is 0 Å². The molecule has 0 unspecified atom stereocenters. The lowest BCUT2D eigenvalue weighted by Crippen LogP contribution is -2.29. The van der Waals surface area contributed by atoms with Gasteiger partial charge in [-0.15, -0.1) is 0 Å². The van der Waals surface area contributed by atoms with Crippen LogP contribution in [0.1, 0.15) is 56.1 Å². The molecule has 1 aliphatic carbocycles.